The molecule has 2 saturated carbocycles. The van der Waals surface area contributed by atoms with Crippen LogP contribution in [0.2, 0.25) is 0 Å². The zero-order valence-corrected chi connectivity index (χ0v) is 34.2. The third-order valence-electron chi connectivity index (χ3n) is 13.1. The highest BCUT2D eigenvalue weighted by atomic mass is 15.0. The molecular formula is C56H45N5. The van der Waals surface area contributed by atoms with Gasteiger partial charge in [0.15, 0.2) is 23.3 Å². The van der Waals surface area contributed by atoms with Crippen molar-refractivity contribution in [3.8, 4) is 79.2 Å². The Morgan fingerprint density at radius 2 is 0.787 bits per heavy atom. The Balaban J connectivity index is 1.01. The summed E-state index contributed by atoms with van der Waals surface area (Å²) in [6.45, 7) is 2.48. The molecule has 294 valence electrons. The van der Waals surface area contributed by atoms with Gasteiger partial charge in [-0.15, -0.1) is 0 Å². The molecule has 2 aromatic heterocycles. The number of aromatic nitrogens is 5. The lowest BCUT2D eigenvalue weighted by Gasteiger charge is -2.38. The second-order valence-corrected chi connectivity index (χ2v) is 17.3. The van der Waals surface area contributed by atoms with Gasteiger partial charge in [0.2, 0.25) is 0 Å². The van der Waals surface area contributed by atoms with Crippen LogP contribution in [0.15, 0.2) is 182 Å². The fourth-order valence-electron chi connectivity index (χ4n) is 10.1. The first-order valence-corrected chi connectivity index (χ1v) is 21.6. The molecule has 7 aromatic carbocycles. The Kier molecular flexibility index (Phi) is 9.38. The first-order chi connectivity index (χ1) is 30.0. The quantitative estimate of drug-likeness (QED) is 0.153. The minimum atomic E-state index is 0.222. The number of nitrogens with zero attached hydrogens (tertiary/aromatic N) is 5. The van der Waals surface area contributed by atoms with E-state index in [0.717, 1.165) is 78.5 Å². The summed E-state index contributed by atoms with van der Waals surface area (Å²) in [5, 5.41) is 2.28. The van der Waals surface area contributed by atoms with Crippen molar-refractivity contribution in [1.82, 2.24) is 24.9 Å². The normalized spacial score (nSPS) is 18.3. The van der Waals surface area contributed by atoms with Crippen molar-refractivity contribution >= 4 is 10.8 Å². The van der Waals surface area contributed by atoms with Crippen molar-refractivity contribution in [1.29, 1.82) is 0 Å². The van der Waals surface area contributed by atoms with Gasteiger partial charge in [-0.3, -0.25) is 0 Å². The van der Waals surface area contributed by atoms with Crippen LogP contribution in [-0.4, -0.2) is 24.9 Å². The zero-order valence-electron chi connectivity index (χ0n) is 34.2. The van der Waals surface area contributed by atoms with Gasteiger partial charge in [0.25, 0.3) is 0 Å². The van der Waals surface area contributed by atoms with Crippen molar-refractivity contribution in [3.63, 3.8) is 0 Å². The standard InChI is InChI=1S/C56H45N5/c1-56(35-37-21-22-38(31-37)36-56)47-29-27-44(28-30-47)54-59-53(43-17-9-4-10-18-43)60-55(61-54)49-33-46-20-12-11-19-45(46)32-48(49)39-23-25-41(26-24-39)51-34-50(40-13-5-2-6-14-40)57-52(58-51)42-15-7-3-8-16-42/h2-20,23-30,32-34,37-38H,21-22,31,35-36H2,1H3/t37-,38?,56?/m0/s1. The van der Waals surface area contributed by atoms with E-state index in [-0.39, 0.29) is 5.41 Å². The van der Waals surface area contributed by atoms with Gasteiger partial charge in [0, 0.05) is 33.4 Å². The molecule has 0 radical (unpaired) electrons. The van der Waals surface area contributed by atoms with E-state index in [0.29, 0.717) is 23.3 Å². The van der Waals surface area contributed by atoms with Crippen molar-refractivity contribution < 1.29 is 0 Å². The molecule has 2 heterocycles. The molecule has 5 heteroatoms. The Bertz CT molecular complexity index is 2930. The minimum Gasteiger partial charge on any atom is -0.228 e. The molecule has 0 spiro atoms. The van der Waals surface area contributed by atoms with Crippen LogP contribution < -0.4 is 0 Å². The van der Waals surface area contributed by atoms with Crippen molar-refractivity contribution in [3.05, 3.63) is 188 Å². The summed E-state index contributed by atoms with van der Waals surface area (Å²) in [5.41, 5.74) is 11.5. The molecule has 0 saturated heterocycles. The maximum atomic E-state index is 5.29. The Labute approximate surface area is 357 Å². The summed E-state index contributed by atoms with van der Waals surface area (Å²) >= 11 is 0. The molecule has 2 fully saturated rings. The summed E-state index contributed by atoms with van der Waals surface area (Å²) in [7, 11) is 0. The van der Waals surface area contributed by atoms with Gasteiger partial charge in [-0.25, -0.2) is 24.9 Å². The molecule has 0 amide bonds. The largest absolute Gasteiger partial charge is 0.228 e. The average molecular weight is 788 g/mol. The summed E-state index contributed by atoms with van der Waals surface area (Å²) in [6.07, 6.45) is 6.76. The first-order valence-electron chi connectivity index (χ1n) is 21.6. The number of benzene rings is 7. The van der Waals surface area contributed by atoms with Gasteiger partial charge < -0.3 is 0 Å². The van der Waals surface area contributed by atoms with E-state index in [9.17, 15) is 0 Å². The summed E-state index contributed by atoms with van der Waals surface area (Å²) in [6, 6.07) is 63.7. The Morgan fingerprint density at radius 3 is 1.34 bits per heavy atom. The van der Waals surface area contributed by atoms with Crippen molar-refractivity contribution in [2.24, 2.45) is 11.8 Å². The molecule has 0 N–H and O–H groups in total. The van der Waals surface area contributed by atoms with Gasteiger partial charge in [0.1, 0.15) is 0 Å². The van der Waals surface area contributed by atoms with Crippen LogP contribution in [0.5, 0.6) is 0 Å². The van der Waals surface area contributed by atoms with E-state index in [1.807, 2.05) is 54.6 Å². The Hall–Kier alpha value is -7.11. The van der Waals surface area contributed by atoms with Crippen molar-refractivity contribution in [2.45, 2.75) is 44.4 Å². The van der Waals surface area contributed by atoms with Crippen LogP contribution in [0.1, 0.15) is 44.6 Å². The zero-order chi connectivity index (χ0) is 40.8. The summed E-state index contributed by atoms with van der Waals surface area (Å²) < 4.78 is 0. The molecule has 2 aliphatic carbocycles. The molecule has 2 bridgehead atoms. The maximum Gasteiger partial charge on any atom is 0.164 e. The van der Waals surface area contributed by atoms with Crippen LogP contribution >= 0.6 is 0 Å². The maximum absolute atomic E-state index is 5.29. The average Bonchev–Trinajstić information content (AvgIpc) is 3.69. The van der Waals surface area contributed by atoms with Gasteiger partial charge in [-0.2, -0.15) is 0 Å². The minimum absolute atomic E-state index is 0.222. The van der Waals surface area contributed by atoms with E-state index in [2.05, 4.69) is 134 Å². The van der Waals surface area contributed by atoms with E-state index < -0.39 is 0 Å². The predicted molar refractivity (Wildman–Crippen MR) is 248 cm³/mol. The first kappa shape index (κ1) is 36.9. The molecule has 5 nitrogen and oxygen atoms in total. The molecule has 9 aromatic rings. The molecule has 3 atom stereocenters. The van der Waals surface area contributed by atoms with E-state index in [1.165, 1.54) is 37.7 Å². The van der Waals surface area contributed by atoms with E-state index >= 15 is 0 Å². The van der Waals surface area contributed by atoms with Gasteiger partial charge in [-0.1, -0.05) is 184 Å². The lowest BCUT2D eigenvalue weighted by molar-refractivity contribution is 0.232. The van der Waals surface area contributed by atoms with Gasteiger partial charge >= 0.3 is 0 Å². The molecule has 0 aliphatic heterocycles. The number of hydrogen-bond acceptors (Lipinski definition) is 5. The number of hydrogen-bond donors (Lipinski definition) is 0. The monoisotopic (exact) mass is 787 g/mol. The van der Waals surface area contributed by atoms with Crippen LogP contribution in [0, 0.1) is 11.8 Å². The van der Waals surface area contributed by atoms with Gasteiger partial charge in [-0.05, 0) is 82.2 Å². The van der Waals surface area contributed by atoms with E-state index in [4.69, 9.17) is 24.9 Å². The molecule has 2 unspecified atom stereocenters. The second kappa shape index (κ2) is 15.5. The Morgan fingerprint density at radius 1 is 0.377 bits per heavy atom. The smallest absolute Gasteiger partial charge is 0.164 e. The highest BCUT2D eigenvalue weighted by Crippen LogP contribution is 2.51. The lowest BCUT2D eigenvalue weighted by Crippen LogP contribution is -2.30. The third kappa shape index (κ3) is 7.31. The van der Waals surface area contributed by atoms with E-state index in [1.54, 1.807) is 0 Å². The fraction of sp³-hybridized carbons (Fsp3) is 0.161. The predicted octanol–water partition coefficient (Wildman–Crippen LogP) is 14.0. The van der Waals surface area contributed by atoms with Crippen molar-refractivity contribution in [2.75, 3.05) is 0 Å². The molecular weight excluding hydrogens is 743 g/mol. The third-order valence-corrected chi connectivity index (χ3v) is 13.1. The second-order valence-electron chi connectivity index (χ2n) is 17.3. The molecule has 2 aliphatic rings. The molecule has 11 rings (SSSR count). The lowest BCUT2D eigenvalue weighted by atomic mass is 9.66. The van der Waals surface area contributed by atoms with Crippen LogP contribution in [-0.2, 0) is 5.41 Å². The summed E-state index contributed by atoms with van der Waals surface area (Å²) in [4.78, 5) is 25.7. The topological polar surface area (TPSA) is 64.5 Å². The van der Waals surface area contributed by atoms with Gasteiger partial charge in [0.05, 0.1) is 11.4 Å². The number of rotatable bonds is 8. The van der Waals surface area contributed by atoms with Crippen LogP contribution in [0.4, 0.5) is 0 Å². The fourth-order valence-corrected chi connectivity index (χ4v) is 10.1. The number of fused-ring (bicyclic) bond motifs is 3. The highest BCUT2D eigenvalue weighted by Gasteiger charge is 2.41. The van der Waals surface area contributed by atoms with Crippen LogP contribution in [0.3, 0.4) is 0 Å². The summed E-state index contributed by atoms with van der Waals surface area (Å²) in [5.74, 6) is 4.39. The van der Waals surface area contributed by atoms with Crippen LogP contribution in [0.25, 0.3) is 90.0 Å². The highest BCUT2D eigenvalue weighted by molar-refractivity contribution is 5.96. The molecule has 61 heavy (non-hydrogen) atoms. The SMILES string of the molecule is CC1(c2ccc(-c3nc(-c4ccccc4)nc(-c4cc5ccccc5cc4-c4ccc(-c5cc(-c6ccccc6)nc(-c6ccccc6)n5)cc4)n3)cc2)CC2CC[C@@H](C2)C1.